The Morgan fingerprint density at radius 1 is 1.42 bits per heavy atom. The van der Waals surface area contributed by atoms with Crippen molar-refractivity contribution in [3.05, 3.63) is 29.6 Å². The van der Waals surface area contributed by atoms with Crippen molar-refractivity contribution in [1.82, 2.24) is 20.2 Å². The number of pyridine rings is 1. The number of aromatic amines is 1. The molecule has 2 amide bonds. The van der Waals surface area contributed by atoms with E-state index in [1.54, 1.807) is 11.1 Å². The predicted molar refractivity (Wildman–Crippen MR) is 93.7 cm³/mol. The van der Waals surface area contributed by atoms with Crippen LogP contribution in [0, 0.1) is 0 Å². The zero-order chi connectivity index (χ0) is 17.3. The standard InChI is InChI=1S/C17H21N5O2/c1-11(23)22-10-13(17(24)19-6-7-21(2)3)8-12-9-20-16-15(12)14(22)4-5-18-16/h4-5,8-9H,6-7,10H2,1-3H3,(H,18,20)(H,19,24). The zero-order valence-electron chi connectivity index (χ0n) is 14.1. The van der Waals surface area contributed by atoms with Crippen LogP contribution in [-0.2, 0) is 9.59 Å². The summed E-state index contributed by atoms with van der Waals surface area (Å²) < 4.78 is 0. The van der Waals surface area contributed by atoms with E-state index in [0.29, 0.717) is 17.8 Å². The van der Waals surface area contributed by atoms with Crippen LogP contribution in [-0.4, -0.2) is 60.4 Å². The molecular weight excluding hydrogens is 306 g/mol. The van der Waals surface area contributed by atoms with Gasteiger partial charge in [-0.15, -0.1) is 0 Å². The van der Waals surface area contributed by atoms with Gasteiger partial charge in [-0.05, 0) is 26.2 Å². The van der Waals surface area contributed by atoms with Gasteiger partial charge in [0, 0.05) is 48.9 Å². The van der Waals surface area contributed by atoms with Gasteiger partial charge in [0.1, 0.15) is 5.65 Å². The van der Waals surface area contributed by atoms with Crippen molar-refractivity contribution in [2.24, 2.45) is 0 Å². The van der Waals surface area contributed by atoms with E-state index in [-0.39, 0.29) is 18.4 Å². The van der Waals surface area contributed by atoms with Crippen molar-refractivity contribution in [3.63, 3.8) is 0 Å². The Kier molecular flexibility index (Phi) is 4.35. The van der Waals surface area contributed by atoms with Crippen LogP contribution in [0.3, 0.4) is 0 Å². The number of likely N-dealkylation sites (N-methyl/N-ethyl adjacent to an activating group) is 1. The molecule has 24 heavy (non-hydrogen) atoms. The summed E-state index contributed by atoms with van der Waals surface area (Å²) in [6.07, 6.45) is 5.31. The molecule has 3 heterocycles. The number of nitrogens with one attached hydrogen (secondary N) is 2. The van der Waals surface area contributed by atoms with Gasteiger partial charge >= 0.3 is 0 Å². The highest BCUT2D eigenvalue weighted by molar-refractivity contribution is 6.10. The number of H-pyrrole nitrogens is 1. The van der Waals surface area contributed by atoms with Crippen LogP contribution in [0.1, 0.15) is 12.5 Å². The minimum Gasteiger partial charge on any atom is -0.351 e. The normalized spacial score (nSPS) is 13.8. The maximum atomic E-state index is 12.5. The molecule has 2 aromatic heterocycles. The number of carbonyl (C=O) groups is 2. The van der Waals surface area contributed by atoms with Crippen molar-refractivity contribution in [2.45, 2.75) is 6.92 Å². The number of carbonyl (C=O) groups excluding carboxylic acids is 2. The summed E-state index contributed by atoms with van der Waals surface area (Å²) in [7, 11) is 3.91. The van der Waals surface area contributed by atoms with Gasteiger partial charge in [0.2, 0.25) is 11.8 Å². The molecule has 2 aromatic rings. The molecule has 0 bridgehead atoms. The van der Waals surface area contributed by atoms with Crippen LogP contribution in [0.5, 0.6) is 0 Å². The first kappa shape index (κ1) is 16.2. The van der Waals surface area contributed by atoms with Gasteiger partial charge in [-0.1, -0.05) is 0 Å². The average molecular weight is 327 g/mol. The van der Waals surface area contributed by atoms with E-state index >= 15 is 0 Å². The summed E-state index contributed by atoms with van der Waals surface area (Å²) in [5.41, 5.74) is 2.91. The quantitative estimate of drug-likeness (QED) is 0.877. The van der Waals surface area contributed by atoms with Crippen molar-refractivity contribution in [1.29, 1.82) is 0 Å². The van der Waals surface area contributed by atoms with Crippen molar-refractivity contribution < 1.29 is 9.59 Å². The summed E-state index contributed by atoms with van der Waals surface area (Å²) in [6, 6.07) is 1.81. The minimum atomic E-state index is -0.154. The SMILES string of the molecule is CC(=O)N1CC(C(=O)NCCN(C)C)=Cc2c[nH]c3nccc1c23. The van der Waals surface area contributed by atoms with E-state index < -0.39 is 0 Å². The Morgan fingerprint density at radius 3 is 2.92 bits per heavy atom. The molecule has 7 nitrogen and oxygen atoms in total. The molecule has 0 radical (unpaired) electrons. The number of rotatable bonds is 4. The van der Waals surface area contributed by atoms with Crippen LogP contribution in [0.15, 0.2) is 24.0 Å². The van der Waals surface area contributed by atoms with Gasteiger partial charge < -0.3 is 20.1 Å². The first-order valence-corrected chi connectivity index (χ1v) is 7.85. The number of hydrogen-bond acceptors (Lipinski definition) is 4. The topological polar surface area (TPSA) is 81.3 Å². The lowest BCUT2D eigenvalue weighted by atomic mass is 10.1. The number of nitrogens with zero attached hydrogens (tertiary/aromatic N) is 3. The van der Waals surface area contributed by atoms with Crippen LogP contribution >= 0.6 is 0 Å². The lowest BCUT2D eigenvalue weighted by molar-refractivity contribution is -0.117. The zero-order valence-corrected chi connectivity index (χ0v) is 14.1. The molecule has 7 heteroatoms. The Morgan fingerprint density at radius 2 is 2.21 bits per heavy atom. The number of anilines is 1. The summed E-state index contributed by atoms with van der Waals surface area (Å²) in [5, 5.41) is 3.77. The molecule has 1 aliphatic heterocycles. The molecule has 126 valence electrons. The summed E-state index contributed by atoms with van der Waals surface area (Å²) >= 11 is 0. The monoisotopic (exact) mass is 327 g/mol. The molecule has 0 saturated carbocycles. The summed E-state index contributed by atoms with van der Waals surface area (Å²) in [5.74, 6) is -0.262. The van der Waals surface area contributed by atoms with Gasteiger partial charge in [0.05, 0.1) is 12.2 Å². The van der Waals surface area contributed by atoms with E-state index in [2.05, 4.69) is 15.3 Å². The third-order valence-corrected chi connectivity index (χ3v) is 4.05. The van der Waals surface area contributed by atoms with Gasteiger partial charge in [0.25, 0.3) is 0 Å². The van der Waals surface area contributed by atoms with Gasteiger partial charge in [-0.25, -0.2) is 4.98 Å². The molecule has 0 aromatic carbocycles. The Balaban J connectivity index is 1.96. The van der Waals surface area contributed by atoms with Crippen LogP contribution < -0.4 is 10.2 Å². The average Bonchev–Trinajstić information content (AvgIpc) is 2.84. The van der Waals surface area contributed by atoms with Crippen LogP contribution in [0.4, 0.5) is 5.69 Å². The number of amides is 2. The molecule has 0 aliphatic carbocycles. The van der Waals surface area contributed by atoms with Gasteiger partial charge in [-0.3, -0.25) is 9.59 Å². The maximum absolute atomic E-state index is 12.5. The Labute approximate surface area is 140 Å². The van der Waals surface area contributed by atoms with Gasteiger partial charge in [0.15, 0.2) is 0 Å². The molecule has 0 saturated heterocycles. The second-order valence-corrected chi connectivity index (χ2v) is 6.13. The lowest BCUT2D eigenvalue weighted by Crippen LogP contribution is -2.37. The van der Waals surface area contributed by atoms with Crippen molar-refractivity contribution in [2.75, 3.05) is 38.6 Å². The van der Waals surface area contributed by atoms with E-state index in [1.807, 2.05) is 37.3 Å². The van der Waals surface area contributed by atoms with E-state index in [0.717, 1.165) is 23.2 Å². The van der Waals surface area contributed by atoms with E-state index in [4.69, 9.17) is 0 Å². The highest BCUT2D eigenvalue weighted by atomic mass is 16.2. The lowest BCUT2D eigenvalue weighted by Gasteiger charge is -2.22. The number of hydrogen-bond donors (Lipinski definition) is 2. The van der Waals surface area contributed by atoms with Gasteiger partial charge in [-0.2, -0.15) is 0 Å². The van der Waals surface area contributed by atoms with Crippen LogP contribution in [0.2, 0.25) is 0 Å². The molecular formula is C17H21N5O2. The number of aromatic nitrogens is 2. The first-order valence-electron chi connectivity index (χ1n) is 7.85. The first-order chi connectivity index (χ1) is 11.5. The molecule has 0 fully saturated rings. The Bertz CT molecular complexity index is 821. The molecule has 0 unspecified atom stereocenters. The van der Waals surface area contributed by atoms with Crippen molar-refractivity contribution in [3.8, 4) is 0 Å². The maximum Gasteiger partial charge on any atom is 0.249 e. The van der Waals surface area contributed by atoms with Crippen LogP contribution in [0.25, 0.3) is 17.1 Å². The van der Waals surface area contributed by atoms with Crippen molar-refractivity contribution >= 4 is 34.6 Å². The van der Waals surface area contributed by atoms with E-state index in [9.17, 15) is 9.59 Å². The summed E-state index contributed by atoms with van der Waals surface area (Å²) in [6.45, 7) is 3.07. The third-order valence-electron chi connectivity index (χ3n) is 4.05. The largest absolute Gasteiger partial charge is 0.351 e. The molecule has 3 rings (SSSR count). The molecule has 2 N–H and O–H groups in total. The highest BCUT2D eigenvalue weighted by Crippen LogP contribution is 2.33. The summed E-state index contributed by atoms with van der Waals surface area (Å²) in [4.78, 5) is 35.7. The molecule has 1 aliphatic rings. The smallest absolute Gasteiger partial charge is 0.249 e. The Hall–Kier alpha value is -2.67. The second kappa shape index (κ2) is 6.45. The predicted octanol–water partition coefficient (Wildman–Crippen LogP) is 0.991. The fourth-order valence-electron chi connectivity index (χ4n) is 2.82. The van der Waals surface area contributed by atoms with E-state index in [1.165, 1.54) is 6.92 Å². The molecule has 0 spiro atoms. The fraction of sp³-hybridized carbons (Fsp3) is 0.353. The minimum absolute atomic E-state index is 0.108. The second-order valence-electron chi connectivity index (χ2n) is 6.13. The molecule has 0 atom stereocenters. The fourth-order valence-corrected chi connectivity index (χ4v) is 2.82. The highest BCUT2D eigenvalue weighted by Gasteiger charge is 2.24. The third kappa shape index (κ3) is 3.03.